The molecule has 0 aliphatic heterocycles. The van der Waals surface area contributed by atoms with Gasteiger partial charge in [-0.05, 0) is 56.0 Å². The number of nitrogens with zero attached hydrogens (tertiary/aromatic N) is 2. The fourth-order valence-electron chi connectivity index (χ4n) is 4.39. The Morgan fingerprint density at radius 2 is 1.75 bits per heavy atom. The van der Waals surface area contributed by atoms with Crippen molar-refractivity contribution in [3.63, 3.8) is 0 Å². The van der Waals surface area contributed by atoms with Gasteiger partial charge in [0.25, 0.3) is 0 Å². The second kappa shape index (κ2) is 11.0. The Morgan fingerprint density at radius 3 is 2.38 bits per heavy atom. The van der Waals surface area contributed by atoms with Crippen LogP contribution in [0.1, 0.15) is 56.7 Å². The first-order chi connectivity index (χ1) is 15.4. The minimum atomic E-state index is -0.103. The summed E-state index contributed by atoms with van der Waals surface area (Å²) in [6.45, 7) is 4.97. The highest BCUT2D eigenvalue weighted by molar-refractivity contribution is 5.93. The molecule has 0 saturated heterocycles. The number of benzene rings is 2. The molecule has 2 N–H and O–H groups in total. The monoisotopic (exact) mass is 436 g/mol. The summed E-state index contributed by atoms with van der Waals surface area (Å²) in [7, 11) is 3.99. The predicted octanol–water partition coefficient (Wildman–Crippen LogP) is 5.17. The third-order valence-corrected chi connectivity index (χ3v) is 6.23. The molecule has 6 nitrogen and oxygen atoms in total. The molecule has 0 heterocycles. The average Bonchev–Trinajstić information content (AvgIpc) is 3.33. The Balaban J connectivity index is 1.88. The van der Waals surface area contributed by atoms with Gasteiger partial charge in [-0.25, -0.2) is 4.79 Å². The van der Waals surface area contributed by atoms with Gasteiger partial charge in [-0.1, -0.05) is 43.2 Å². The molecule has 0 bridgehead atoms. The fourth-order valence-corrected chi connectivity index (χ4v) is 4.39. The van der Waals surface area contributed by atoms with E-state index in [1.165, 1.54) is 0 Å². The van der Waals surface area contributed by atoms with Crippen LogP contribution in [0.25, 0.3) is 0 Å². The minimum absolute atomic E-state index is 0.101. The summed E-state index contributed by atoms with van der Waals surface area (Å²) in [6, 6.07) is 15.8. The van der Waals surface area contributed by atoms with Crippen molar-refractivity contribution in [3.8, 4) is 0 Å². The lowest BCUT2D eigenvalue weighted by molar-refractivity contribution is -0.119. The summed E-state index contributed by atoms with van der Waals surface area (Å²) in [5.74, 6) is 0.209. The molecule has 1 aliphatic carbocycles. The molecule has 32 heavy (non-hydrogen) atoms. The van der Waals surface area contributed by atoms with Crippen LogP contribution in [0.5, 0.6) is 0 Å². The van der Waals surface area contributed by atoms with Crippen molar-refractivity contribution in [3.05, 3.63) is 59.7 Å². The minimum Gasteiger partial charge on any atom is -0.377 e. The lowest BCUT2D eigenvalue weighted by atomic mass is 10.0. The van der Waals surface area contributed by atoms with Crippen LogP contribution in [0.2, 0.25) is 0 Å². The van der Waals surface area contributed by atoms with Crippen LogP contribution in [-0.4, -0.2) is 37.5 Å². The Kier molecular flexibility index (Phi) is 8.14. The Bertz CT molecular complexity index is 907. The van der Waals surface area contributed by atoms with E-state index < -0.39 is 0 Å². The first-order valence-electron chi connectivity index (χ1n) is 11.6. The summed E-state index contributed by atoms with van der Waals surface area (Å²) >= 11 is 0. The molecule has 0 radical (unpaired) electrons. The number of carbonyl (C=O) groups is 2. The summed E-state index contributed by atoms with van der Waals surface area (Å²) < 4.78 is 0. The van der Waals surface area contributed by atoms with Gasteiger partial charge in [0.15, 0.2) is 0 Å². The van der Waals surface area contributed by atoms with Crippen molar-refractivity contribution < 1.29 is 9.59 Å². The fraction of sp³-hybridized carbons (Fsp3) is 0.462. The van der Waals surface area contributed by atoms with E-state index in [2.05, 4.69) is 10.6 Å². The van der Waals surface area contributed by atoms with Crippen molar-refractivity contribution >= 4 is 23.3 Å². The SMILES string of the molecule is CCNC(=O)N(Cc1cc(NC(=O)C2CCCC2)ccc1N(C)C)C(C)c1ccccc1. The number of nitrogens with one attached hydrogen (secondary N) is 2. The summed E-state index contributed by atoms with van der Waals surface area (Å²) in [4.78, 5) is 29.6. The molecule has 1 fully saturated rings. The standard InChI is InChI=1S/C26H36N4O2/c1-5-27-26(32)30(19(2)20-11-7-6-8-12-20)18-22-17-23(15-16-24(22)29(3)4)28-25(31)21-13-9-10-14-21/h6-8,11-12,15-17,19,21H,5,9-10,13-14,18H2,1-4H3,(H,27,32)(H,28,31). The Hall–Kier alpha value is -3.02. The molecule has 1 atom stereocenters. The molecular weight excluding hydrogens is 400 g/mol. The van der Waals surface area contributed by atoms with Gasteiger partial charge in [-0.15, -0.1) is 0 Å². The second-order valence-electron chi connectivity index (χ2n) is 8.76. The zero-order valence-electron chi connectivity index (χ0n) is 19.7. The van der Waals surface area contributed by atoms with Gasteiger partial charge in [0.1, 0.15) is 0 Å². The van der Waals surface area contributed by atoms with Crippen molar-refractivity contribution in [2.45, 2.75) is 52.1 Å². The molecule has 1 saturated carbocycles. The van der Waals surface area contributed by atoms with Gasteiger partial charge in [-0.2, -0.15) is 0 Å². The number of hydrogen-bond donors (Lipinski definition) is 2. The molecule has 3 rings (SSSR count). The van der Waals surface area contributed by atoms with E-state index in [0.29, 0.717) is 13.1 Å². The number of urea groups is 1. The van der Waals surface area contributed by atoms with E-state index in [0.717, 1.165) is 48.2 Å². The topological polar surface area (TPSA) is 64.7 Å². The van der Waals surface area contributed by atoms with E-state index in [9.17, 15) is 9.59 Å². The largest absolute Gasteiger partial charge is 0.377 e. The molecule has 1 aliphatic rings. The highest BCUT2D eigenvalue weighted by atomic mass is 16.2. The van der Waals surface area contributed by atoms with Gasteiger partial charge in [0.05, 0.1) is 12.6 Å². The summed E-state index contributed by atoms with van der Waals surface area (Å²) in [5.41, 5.74) is 3.88. The molecule has 2 aromatic rings. The van der Waals surface area contributed by atoms with Crippen molar-refractivity contribution in [1.29, 1.82) is 0 Å². The van der Waals surface area contributed by atoms with Crippen molar-refractivity contribution in [2.24, 2.45) is 5.92 Å². The second-order valence-corrected chi connectivity index (χ2v) is 8.76. The van der Waals surface area contributed by atoms with E-state index in [4.69, 9.17) is 0 Å². The zero-order valence-corrected chi connectivity index (χ0v) is 19.7. The molecule has 172 valence electrons. The van der Waals surface area contributed by atoms with Crippen molar-refractivity contribution in [1.82, 2.24) is 10.2 Å². The van der Waals surface area contributed by atoms with E-state index in [1.807, 2.05) is 86.3 Å². The molecule has 1 unspecified atom stereocenters. The number of hydrogen-bond acceptors (Lipinski definition) is 3. The molecule has 0 spiro atoms. The third-order valence-electron chi connectivity index (χ3n) is 6.23. The normalized spacial score (nSPS) is 14.6. The van der Waals surface area contributed by atoms with Crippen LogP contribution in [0.3, 0.4) is 0 Å². The molecular formula is C26H36N4O2. The molecule has 2 aromatic carbocycles. The van der Waals surface area contributed by atoms with Gasteiger partial charge in [0.2, 0.25) is 5.91 Å². The Morgan fingerprint density at radius 1 is 1.06 bits per heavy atom. The third kappa shape index (κ3) is 5.81. The molecule has 0 aromatic heterocycles. The molecule has 3 amide bonds. The van der Waals surface area contributed by atoms with Crippen LogP contribution in [0.4, 0.5) is 16.2 Å². The van der Waals surface area contributed by atoms with E-state index in [1.54, 1.807) is 0 Å². The maximum absolute atomic E-state index is 13.0. The average molecular weight is 437 g/mol. The van der Waals surface area contributed by atoms with Crippen molar-refractivity contribution in [2.75, 3.05) is 30.9 Å². The maximum Gasteiger partial charge on any atom is 0.318 e. The van der Waals surface area contributed by atoms with Gasteiger partial charge in [-0.3, -0.25) is 4.79 Å². The van der Waals surface area contributed by atoms with Crippen LogP contribution >= 0.6 is 0 Å². The zero-order chi connectivity index (χ0) is 23.1. The lowest BCUT2D eigenvalue weighted by Gasteiger charge is -2.31. The van der Waals surface area contributed by atoms with Gasteiger partial charge in [0, 0.05) is 37.9 Å². The van der Waals surface area contributed by atoms with Crippen LogP contribution in [-0.2, 0) is 11.3 Å². The summed E-state index contributed by atoms with van der Waals surface area (Å²) in [6.07, 6.45) is 4.19. The van der Waals surface area contributed by atoms with Crippen LogP contribution in [0, 0.1) is 5.92 Å². The first-order valence-corrected chi connectivity index (χ1v) is 11.6. The number of amides is 3. The van der Waals surface area contributed by atoms with E-state index in [-0.39, 0.29) is 23.9 Å². The Labute approximate surface area is 192 Å². The maximum atomic E-state index is 13.0. The summed E-state index contributed by atoms with van der Waals surface area (Å²) in [5, 5.41) is 6.06. The number of rotatable bonds is 8. The first kappa shape index (κ1) is 23.6. The highest BCUT2D eigenvalue weighted by Crippen LogP contribution is 2.30. The number of carbonyl (C=O) groups excluding carboxylic acids is 2. The smallest absolute Gasteiger partial charge is 0.318 e. The number of anilines is 2. The van der Waals surface area contributed by atoms with Crippen LogP contribution in [0.15, 0.2) is 48.5 Å². The predicted molar refractivity (Wildman–Crippen MR) is 131 cm³/mol. The quantitative estimate of drug-likeness (QED) is 0.600. The van der Waals surface area contributed by atoms with Gasteiger partial charge < -0.3 is 20.4 Å². The molecule has 6 heteroatoms. The lowest BCUT2D eigenvalue weighted by Crippen LogP contribution is -2.41. The highest BCUT2D eigenvalue weighted by Gasteiger charge is 2.25. The van der Waals surface area contributed by atoms with E-state index >= 15 is 0 Å². The van der Waals surface area contributed by atoms with Gasteiger partial charge >= 0.3 is 6.03 Å². The van der Waals surface area contributed by atoms with Crippen LogP contribution < -0.4 is 15.5 Å².